The molecule has 0 aliphatic heterocycles. The summed E-state index contributed by atoms with van der Waals surface area (Å²) >= 11 is 0. The van der Waals surface area contributed by atoms with Crippen LogP contribution in [0, 0.1) is 0 Å². The van der Waals surface area contributed by atoms with E-state index in [1.165, 1.54) is 7.11 Å². The molecule has 17 heavy (non-hydrogen) atoms. The molecule has 6 nitrogen and oxygen atoms in total. The second-order valence-corrected chi connectivity index (χ2v) is 3.73. The third-order valence-electron chi connectivity index (χ3n) is 2.37. The zero-order valence-corrected chi connectivity index (χ0v) is 10.6. The summed E-state index contributed by atoms with van der Waals surface area (Å²) in [6.45, 7) is 5.46. The van der Waals surface area contributed by atoms with E-state index in [1.807, 2.05) is 11.8 Å². The monoisotopic (exact) mass is 241 g/mol. The van der Waals surface area contributed by atoms with Crippen LogP contribution in [0.15, 0.2) is 4.52 Å². The van der Waals surface area contributed by atoms with Gasteiger partial charge in [0.1, 0.15) is 0 Å². The van der Waals surface area contributed by atoms with Gasteiger partial charge < -0.3 is 9.26 Å². The van der Waals surface area contributed by atoms with Gasteiger partial charge in [0.2, 0.25) is 5.89 Å². The fraction of sp³-hybridized carbons (Fsp3) is 0.727. The third kappa shape index (κ3) is 4.52. The van der Waals surface area contributed by atoms with Crippen molar-refractivity contribution in [2.45, 2.75) is 33.2 Å². The van der Waals surface area contributed by atoms with Crippen molar-refractivity contribution in [1.82, 2.24) is 15.0 Å². The lowest BCUT2D eigenvalue weighted by Crippen LogP contribution is -2.30. The van der Waals surface area contributed by atoms with Gasteiger partial charge in [-0.2, -0.15) is 4.98 Å². The average Bonchev–Trinajstić information content (AvgIpc) is 2.76. The highest BCUT2D eigenvalue weighted by atomic mass is 16.5. The molecule has 6 heteroatoms. The predicted molar refractivity (Wildman–Crippen MR) is 61.3 cm³/mol. The molecule has 0 bridgehead atoms. The smallest absolute Gasteiger partial charge is 0.319 e. The number of likely N-dealkylation sites (N-methyl/N-ethyl adjacent to an activating group) is 1. The highest BCUT2D eigenvalue weighted by molar-refractivity contribution is 5.71. The molecule has 0 fully saturated rings. The van der Waals surface area contributed by atoms with Gasteiger partial charge in [-0.3, -0.25) is 9.69 Å². The summed E-state index contributed by atoms with van der Waals surface area (Å²) in [6, 6.07) is 0. The first-order valence-electron chi connectivity index (χ1n) is 5.80. The van der Waals surface area contributed by atoms with E-state index in [9.17, 15) is 4.79 Å². The Morgan fingerprint density at radius 3 is 2.82 bits per heavy atom. The second kappa shape index (κ2) is 7.01. The van der Waals surface area contributed by atoms with Crippen molar-refractivity contribution < 1.29 is 14.1 Å². The van der Waals surface area contributed by atoms with Crippen molar-refractivity contribution in [1.29, 1.82) is 0 Å². The van der Waals surface area contributed by atoms with Gasteiger partial charge in [0.05, 0.1) is 20.2 Å². The molecule has 1 rings (SSSR count). The van der Waals surface area contributed by atoms with Crippen LogP contribution in [0.4, 0.5) is 0 Å². The molecule has 0 N–H and O–H groups in total. The molecule has 0 aliphatic carbocycles. The van der Waals surface area contributed by atoms with E-state index in [1.54, 1.807) is 0 Å². The lowest BCUT2D eigenvalue weighted by Gasteiger charge is -2.15. The number of methoxy groups -OCH3 is 1. The van der Waals surface area contributed by atoms with Crippen LogP contribution in [0.2, 0.25) is 0 Å². The van der Waals surface area contributed by atoms with E-state index >= 15 is 0 Å². The van der Waals surface area contributed by atoms with Crippen LogP contribution in [0.5, 0.6) is 0 Å². The molecule has 0 spiro atoms. The van der Waals surface area contributed by atoms with Crippen LogP contribution in [0.25, 0.3) is 0 Å². The van der Waals surface area contributed by atoms with Crippen LogP contribution < -0.4 is 0 Å². The van der Waals surface area contributed by atoms with Crippen molar-refractivity contribution in [2.75, 3.05) is 20.2 Å². The van der Waals surface area contributed by atoms with Crippen molar-refractivity contribution in [3.63, 3.8) is 0 Å². The fourth-order valence-corrected chi connectivity index (χ4v) is 1.40. The van der Waals surface area contributed by atoms with E-state index in [0.29, 0.717) is 12.4 Å². The maximum absolute atomic E-state index is 11.1. The van der Waals surface area contributed by atoms with Crippen LogP contribution in [0.3, 0.4) is 0 Å². The summed E-state index contributed by atoms with van der Waals surface area (Å²) in [6.07, 6.45) is 1.80. The first kappa shape index (κ1) is 13.6. The third-order valence-corrected chi connectivity index (χ3v) is 2.37. The molecule has 0 aromatic carbocycles. The van der Waals surface area contributed by atoms with E-state index in [0.717, 1.165) is 25.2 Å². The maximum Gasteiger partial charge on any atom is 0.319 e. The molecule has 0 aliphatic rings. The van der Waals surface area contributed by atoms with Gasteiger partial charge in [-0.1, -0.05) is 19.0 Å². The van der Waals surface area contributed by atoms with Gasteiger partial charge in [-0.25, -0.2) is 0 Å². The van der Waals surface area contributed by atoms with Crippen LogP contribution in [-0.2, 0) is 22.5 Å². The second-order valence-electron chi connectivity index (χ2n) is 3.73. The molecular formula is C11H19N3O3. The van der Waals surface area contributed by atoms with Gasteiger partial charge in [0, 0.05) is 6.42 Å². The minimum atomic E-state index is -0.264. The van der Waals surface area contributed by atoms with E-state index in [2.05, 4.69) is 21.8 Å². The molecule has 0 amide bonds. The Labute approximate surface area is 101 Å². The SMILES string of the molecule is CCCc1noc(CN(CC)CC(=O)OC)n1. The number of carbonyl (C=O) groups is 1. The Bertz CT molecular complexity index is 351. The van der Waals surface area contributed by atoms with Crippen LogP contribution >= 0.6 is 0 Å². The largest absolute Gasteiger partial charge is 0.468 e. The topological polar surface area (TPSA) is 68.5 Å². The summed E-state index contributed by atoms with van der Waals surface area (Å²) in [7, 11) is 1.38. The number of rotatable bonds is 7. The van der Waals surface area contributed by atoms with Gasteiger partial charge in [0.25, 0.3) is 0 Å². The number of hydrogen-bond acceptors (Lipinski definition) is 6. The Morgan fingerprint density at radius 1 is 1.47 bits per heavy atom. The summed E-state index contributed by atoms with van der Waals surface area (Å²) in [5, 5.41) is 3.86. The van der Waals surface area contributed by atoms with Crippen LogP contribution in [0.1, 0.15) is 32.0 Å². The maximum atomic E-state index is 11.1. The van der Waals surface area contributed by atoms with Gasteiger partial charge in [-0.15, -0.1) is 0 Å². The van der Waals surface area contributed by atoms with Crippen molar-refractivity contribution in [3.8, 4) is 0 Å². The summed E-state index contributed by atoms with van der Waals surface area (Å²) < 4.78 is 9.73. The quantitative estimate of drug-likeness (QED) is 0.664. The number of aromatic nitrogens is 2. The molecule has 1 aromatic rings. The standard InChI is InChI=1S/C11H19N3O3/c1-4-6-9-12-10(17-13-9)7-14(5-2)8-11(15)16-3/h4-8H2,1-3H3. The fourth-order valence-electron chi connectivity index (χ4n) is 1.40. The summed E-state index contributed by atoms with van der Waals surface area (Å²) in [4.78, 5) is 17.3. The van der Waals surface area contributed by atoms with Gasteiger partial charge in [-0.05, 0) is 13.0 Å². The number of aryl methyl sites for hydroxylation is 1. The number of esters is 1. The highest BCUT2D eigenvalue weighted by Crippen LogP contribution is 2.04. The molecule has 0 radical (unpaired) electrons. The van der Waals surface area contributed by atoms with Crippen molar-refractivity contribution >= 4 is 5.97 Å². The van der Waals surface area contributed by atoms with E-state index in [4.69, 9.17) is 4.52 Å². The number of ether oxygens (including phenoxy) is 1. The lowest BCUT2D eigenvalue weighted by molar-refractivity contribution is -0.142. The Morgan fingerprint density at radius 2 is 2.24 bits per heavy atom. The molecule has 96 valence electrons. The number of carbonyl (C=O) groups excluding carboxylic acids is 1. The minimum Gasteiger partial charge on any atom is -0.468 e. The van der Waals surface area contributed by atoms with Gasteiger partial charge >= 0.3 is 5.97 Å². The highest BCUT2D eigenvalue weighted by Gasteiger charge is 2.13. The first-order valence-corrected chi connectivity index (χ1v) is 5.80. The van der Waals surface area contributed by atoms with E-state index in [-0.39, 0.29) is 12.5 Å². The molecule has 1 aromatic heterocycles. The molecule has 0 atom stereocenters. The molecular weight excluding hydrogens is 222 g/mol. The zero-order valence-electron chi connectivity index (χ0n) is 10.6. The van der Waals surface area contributed by atoms with Gasteiger partial charge in [0.15, 0.2) is 5.82 Å². The Balaban J connectivity index is 2.51. The van der Waals surface area contributed by atoms with E-state index < -0.39 is 0 Å². The predicted octanol–water partition coefficient (Wildman–Crippen LogP) is 1.02. The number of nitrogens with zero attached hydrogens (tertiary/aromatic N) is 3. The molecule has 0 saturated carbocycles. The lowest BCUT2D eigenvalue weighted by atomic mass is 10.3. The van der Waals surface area contributed by atoms with Crippen LogP contribution in [-0.4, -0.2) is 41.2 Å². The normalized spacial score (nSPS) is 10.8. The first-order chi connectivity index (χ1) is 8.19. The summed E-state index contributed by atoms with van der Waals surface area (Å²) in [5.41, 5.74) is 0. The number of hydrogen-bond donors (Lipinski definition) is 0. The Hall–Kier alpha value is -1.43. The summed E-state index contributed by atoms with van der Waals surface area (Å²) in [5.74, 6) is 0.996. The minimum absolute atomic E-state index is 0.235. The molecule has 1 heterocycles. The Kier molecular flexibility index (Phi) is 5.62. The zero-order chi connectivity index (χ0) is 12.7. The molecule has 0 unspecified atom stereocenters. The molecule has 0 saturated heterocycles. The van der Waals surface area contributed by atoms with Crippen molar-refractivity contribution in [3.05, 3.63) is 11.7 Å². The average molecular weight is 241 g/mol. The van der Waals surface area contributed by atoms with Crippen molar-refractivity contribution in [2.24, 2.45) is 0 Å².